The molecule has 0 saturated heterocycles. The first-order valence-corrected chi connectivity index (χ1v) is 6.56. The summed E-state index contributed by atoms with van der Waals surface area (Å²) in [6, 6.07) is 0. The summed E-state index contributed by atoms with van der Waals surface area (Å²) in [5.41, 5.74) is 0. The summed E-state index contributed by atoms with van der Waals surface area (Å²) < 4.78 is 10.1. The molecule has 2 nitrogen and oxygen atoms in total. The number of thiocarbonyl (C=S) groups is 2. The third kappa shape index (κ3) is 31.5. The van der Waals surface area contributed by atoms with Crippen LogP contribution in [0.15, 0.2) is 0 Å². The van der Waals surface area contributed by atoms with Crippen LogP contribution in [0.1, 0.15) is 27.7 Å². The molecule has 0 fully saturated rings. The molecule has 0 saturated carbocycles. The molecule has 0 aliphatic rings. The van der Waals surface area contributed by atoms with E-state index in [0.29, 0.717) is 25.0 Å². The molecule has 0 N–H and O–H groups in total. The van der Waals surface area contributed by atoms with Crippen LogP contribution in [0, 0.1) is 11.8 Å². The first kappa shape index (κ1) is 22.9. The van der Waals surface area contributed by atoms with Crippen LogP contribution in [-0.2, 0) is 51.8 Å². The van der Waals surface area contributed by atoms with E-state index in [1.54, 1.807) is 0 Å². The van der Waals surface area contributed by atoms with Crippen molar-refractivity contribution in [1.82, 2.24) is 0 Å². The van der Waals surface area contributed by atoms with Crippen molar-refractivity contribution < 1.29 is 26.5 Å². The van der Waals surface area contributed by atoms with E-state index in [4.69, 9.17) is 9.47 Å². The Morgan fingerprint density at radius 3 is 1.18 bits per heavy atom. The largest absolute Gasteiger partial charge is 2.00 e. The third-order valence-corrected chi connectivity index (χ3v) is 1.54. The van der Waals surface area contributed by atoms with Crippen molar-refractivity contribution in [3.8, 4) is 0 Å². The van der Waals surface area contributed by atoms with Crippen molar-refractivity contribution in [1.29, 1.82) is 0 Å². The predicted molar refractivity (Wildman–Crippen MR) is 81.5 cm³/mol. The molecule has 7 heteroatoms. The van der Waals surface area contributed by atoms with E-state index in [9.17, 15) is 0 Å². The van der Waals surface area contributed by atoms with Gasteiger partial charge in [-0.1, -0.05) is 27.7 Å². The SMILES string of the molecule is CC(C)COC(=S)[S-].CC(C)COC(=S)[S-].[Cu+2]. The van der Waals surface area contributed by atoms with Crippen LogP contribution in [0.5, 0.6) is 0 Å². The maximum atomic E-state index is 4.85. The van der Waals surface area contributed by atoms with Crippen molar-refractivity contribution in [2.75, 3.05) is 13.2 Å². The molecule has 0 heterocycles. The zero-order valence-corrected chi connectivity index (χ0v) is 14.5. The summed E-state index contributed by atoms with van der Waals surface area (Å²) in [4.78, 5) is 0. The van der Waals surface area contributed by atoms with Crippen LogP contribution in [0.2, 0.25) is 0 Å². The molecule has 0 amide bonds. The second-order valence-electron chi connectivity index (χ2n) is 3.91. The summed E-state index contributed by atoms with van der Waals surface area (Å²) in [6.45, 7) is 9.48. The number of ether oxygens (including phenoxy) is 2. The van der Waals surface area contributed by atoms with E-state index in [2.05, 4.69) is 49.7 Å². The standard InChI is InChI=1S/2C5H10OS2.Cu/c2*1-4(2)3-6-5(7)8;/h2*4H,3H2,1-2H3,(H,7,8);/q;;+2/p-2. The van der Waals surface area contributed by atoms with Crippen molar-refractivity contribution in [3.05, 3.63) is 0 Å². The van der Waals surface area contributed by atoms with Crippen LogP contribution in [0.25, 0.3) is 0 Å². The Balaban J connectivity index is -0.000000218. The van der Waals surface area contributed by atoms with Gasteiger partial charge in [0.1, 0.15) is 0 Å². The van der Waals surface area contributed by atoms with Gasteiger partial charge in [0, 0.05) is 8.77 Å². The third-order valence-electron chi connectivity index (χ3n) is 1.07. The van der Waals surface area contributed by atoms with Gasteiger partial charge in [0.2, 0.25) is 0 Å². The second kappa shape index (κ2) is 14.8. The molecule has 0 aliphatic carbocycles. The summed E-state index contributed by atoms with van der Waals surface area (Å²) >= 11 is 18.0. The van der Waals surface area contributed by atoms with Crippen LogP contribution >= 0.6 is 24.4 Å². The molecule has 105 valence electrons. The van der Waals surface area contributed by atoms with Gasteiger partial charge in [0.05, 0.1) is 13.2 Å². The molecular formula is C10H18CuO2S4. The zero-order chi connectivity index (χ0) is 13.1. The first-order valence-electron chi connectivity index (χ1n) is 4.93. The van der Waals surface area contributed by atoms with Crippen molar-refractivity contribution in [3.63, 3.8) is 0 Å². The van der Waals surface area contributed by atoms with Crippen molar-refractivity contribution in [2.45, 2.75) is 27.7 Å². The van der Waals surface area contributed by atoms with Crippen LogP contribution in [0.3, 0.4) is 0 Å². The topological polar surface area (TPSA) is 18.5 Å². The van der Waals surface area contributed by atoms with E-state index < -0.39 is 0 Å². The minimum absolute atomic E-state index is 0. The summed E-state index contributed by atoms with van der Waals surface area (Å²) in [5.74, 6) is 1.02. The van der Waals surface area contributed by atoms with Gasteiger partial charge < -0.3 is 59.2 Å². The molecule has 17 heavy (non-hydrogen) atoms. The zero-order valence-electron chi connectivity index (χ0n) is 10.3. The second-order valence-corrected chi connectivity index (χ2v) is 5.91. The number of rotatable bonds is 4. The molecule has 0 rings (SSSR count). The Morgan fingerprint density at radius 1 is 0.882 bits per heavy atom. The Bertz CT molecular complexity index is 188. The Labute approximate surface area is 137 Å². The molecule has 0 aromatic heterocycles. The molecule has 0 aromatic rings. The molecule has 0 unspecified atom stereocenters. The van der Waals surface area contributed by atoms with Crippen molar-refractivity contribution in [2.24, 2.45) is 11.8 Å². The van der Waals surface area contributed by atoms with Crippen LogP contribution < -0.4 is 0 Å². The number of hydrogen-bond donors (Lipinski definition) is 0. The van der Waals surface area contributed by atoms with E-state index in [1.165, 1.54) is 0 Å². The maximum absolute atomic E-state index is 4.85. The van der Waals surface area contributed by atoms with Gasteiger partial charge in [-0.2, -0.15) is 0 Å². The predicted octanol–water partition coefficient (Wildman–Crippen LogP) is 2.98. The van der Waals surface area contributed by atoms with E-state index >= 15 is 0 Å². The Hall–Kier alpha value is 0.739. The molecule has 0 spiro atoms. The summed E-state index contributed by atoms with van der Waals surface area (Å²) in [6.07, 6.45) is 0. The van der Waals surface area contributed by atoms with Gasteiger partial charge in [-0.05, 0) is 11.8 Å². The minimum Gasteiger partial charge on any atom is -0.513 e. The molecule has 0 bridgehead atoms. The molecule has 0 atom stereocenters. The maximum Gasteiger partial charge on any atom is 2.00 e. The van der Waals surface area contributed by atoms with Gasteiger partial charge in [0.15, 0.2) is 0 Å². The van der Waals surface area contributed by atoms with E-state index in [-0.39, 0.29) is 25.8 Å². The molecule has 1 radical (unpaired) electrons. The first-order chi connectivity index (χ1) is 7.25. The fourth-order valence-corrected chi connectivity index (χ4v) is 0.742. The van der Waals surface area contributed by atoms with Crippen LogP contribution in [0.4, 0.5) is 0 Å². The minimum atomic E-state index is 0. The van der Waals surface area contributed by atoms with Gasteiger partial charge in [-0.15, -0.1) is 0 Å². The molecule has 0 aliphatic heterocycles. The molecular weight excluding hydrogens is 344 g/mol. The average molecular weight is 362 g/mol. The number of hydrogen-bond acceptors (Lipinski definition) is 6. The van der Waals surface area contributed by atoms with Crippen molar-refractivity contribution >= 4 is 58.5 Å². The van der Waals surface area contributed by atoms with Gasteiger partial charge in [-0.3, -0.25) is 0 Å². The fraction of sp³-hybridized carbons (Fsp3) is 0.800. The fourth-order valence-electron chi connectivity index (χ4n) is 0.469. The molecule has 0 aromatic carbocycles. The van der Waals surface area contributed by atoms with Crippen LogP contribution in [-0.4, -0.2) is 22.0 Å². The van der Waals surface area contributed by atoms with E-state index in [1.807, 2.05) is 27.7 Å². The average Bonchev–Trinajstić information content (AvgIpc) is 2.12. The monoisotopic (exact) mass is 361 g/mol. The van der Waals surface area contributed by atoms with Gasteiger partial charge in [0.25, 0.3) is 0 Å². The normalized spacial score (nSPS) is 8.82. The van der Waals surface area contributed by atoms with E-state index in [0.717, 1.165) is 0 Å². The summed E-state index contributed by atoms with van der Waals surface area (Å²) in [5, 5.41) is 0. The summed E-state index contributed by atoms with van der Waals surface area (Å²) in [7, 11) is 0. The quantitative estimate of drug-likeness (QED) is 0.432. The van der Waals surface area contributed by atoms with Gasteiger partial charge >= 0.3 is 17.1 Å². The Kier molecular flexibility index (Phi) is 19.9. The van der Waals surface area contributed by atoms with Gasteiger partial charge in [-0.25, -0.2) is 0 Å². The Morgan fingerprint density at radius 2 is 1.12 bits per heavy atom. The smallest absolute Gasteiger partial charge is 0.513 e.